The first kappa shape index (κ1) is 18.0. The quantitative estimate of drug-likeness (QED) is 0.425. The van der Waals surface area contributed by atoms with Crippen LogP contribution < -0.4 is 4.90 Å². The number of aryl methyl sites for hydroxylation is 1. The Morgan fingerprint density at radius 1 is 0.931 bits per heavy atom. The van der Waals surface area contributed by atoms with E-state index in [1.807, 2.05) is 67.6 Å². The molecule has 4 aromatic rings. The van der Waals surface area contributed by atoms with Crippen molar-refractivity contribution in [2.45, 2.75) is 19.8 Å². The summed E-state index contributed by atoms with van der Waals surface area (Å²) in [5.74, 6) is 1.74. The SMILES string of the molecule is Cc1c(C(=O)c2ccccc2)sc2nc(-c3ccccc3)nc(N3CCCC3)c12. The molecule has 2 aromatic carbocycles. The lowest BCUT2D eigenvalue weighted by Crippen LogP contribution is -2.20. The molecular formula is C24H21N3OS. The van der Waals surface area contributed by atoms with Gasteiger partial charge in [0.15, 0.2) is 5.82 Å². The number of ketones is 1. The Morgan fingerprint density at radius 3 is 2.28 bits per heavy atom. The van der Waals surface area contributed by atoms with Crippen molar-refractivity contribution in [3.05, 3.63) is 76.7 Å². The fourth-order valence-electron chi connectivity index (χ4n) is 3.93. The third-order valence-corrected chi connectivity index (χ3v) is 6.64. The summed E-state index contributed by atoms with van der Waals surface area (Å²) < 4.78 is 0. The highest BCUT2D eigenvalue weighted by Gasteiger charge is 2.25. The predicted octanol–water partition coefficient (Wildman–Crippen LogP) is 5.50. The number of nitrogens with zero attached hydrogens (tertiary/aromatic N) is 3. The lowest BCUT2D eigenvalue weighted by atomic mass is 10.1. The topological polar surface area (TPSA) is 46.1 Å². The van der Waals surface area contributed by atoms with Gasteiger partial charge in [0.25, 0.3) is 0 Å². The molecule has 1 aliphatic heterocycles. The van der Waals surface area contributed by atoms with E-state index >= 15 is 0 Å². The lowest BCUT2D eigenvalue weighted by molar-refractivity contribution is 0.104. The van der Waals surface area contributed by atoms with Gasteiger partial charge in [0, 0.05) is 24.2 Å². The predicted molar refractivity (Wildman–Crippen MR) is 119 cm³/mol. The van der Waals surface area contributed by atoms with E-state index in [1.54, 1.807) is 0 Å². The van der Waals surface area contributed by atoms with Crippen molar-refractivity contribution in [1.29, 1.82) is 0 Å². The number of hydrogen-bond acceptors (Lipinski definition) is 5. The molecule has 0 amide bonds. The summed E-state index contributed by atoms with van der Waals surface area (Å²) in [4.78, 5) is 27.0. The van der Waals surface area contributed by atoms with Crippen LogP contribution in [0.25, 0.3) is 21.6 Å². The average Bonchev–Trinajstić information content (AvgIpc) is 3.42. The molecule has 0 atom stereocenters. The van der Waals surface area contributed by atoms with Gasteiger partial charge in [0.1, 0.15) is 10.6 Å². The maximum absolute atomic E-state index is 13.2. The minimum atomic E-state index is 0.0553. The van der Waals surface area contributed by atoms with Crippen LogP contribution in [0.3, 0.4) is 0 Å². The van der Waals surface area contributed by atoms with Gasteiger partial charge < -0.3 is 4.90 Å². The van der Waals surface area contributed by atoms with Crippen LogP contribution in [0.5, 0.6) is 0 Å². The Bertz CT molecular complexity index is 1180. The number of carbonyl (C=O) groups is 1. The Morgan fingerprint density at radius 2 is 1.59 bits per heavy atom. The number of thiophene rings is 1. The monoisotopic (exact) mass is 399 g/mol. The Labute approximate surface area is 173 Å². The minimum Gasteiger partial charge on any atom is -0.356 e. The number of benzene rings is 2. The molecule has 5 rings (SSSR count). The standard InChI is InChI=1S/C24H21N3OS/c1-16-19-23(27-14-8-9-15-27)25-22(18-12-6-3-7-13-18)26-24(19)29-21(16)20(28)17-10-4-2-5-11-17/h2-7,10-13H,8-9,14-15H2,1H3. The third-order valence-electron chi connectivity index (χ3n) is 5.45. The van der Waals surface area contributed by atoms with Gasteiger partial charge in [-0.1, -0.05) is 60.7 Å². The second kappa shape index (κ2) is 7.41. The molecule has 3 heterocycles. The first-order valence-corrected chi connectivity index (χ1v) is 10.8. The zero-order chi connectivity index (χ0) is 19.8. The molecule has 0 saturated carbocycles. The first-order valence-electron chi connectivity index (χ1n) is 9.93. The molecule has 0 unspecified atom stereocenters. The maximum atomic E-state index is 13.2. The fourth-order valence-corrected chi connectivity index (χ4v) is 5.07. The summed E-state index contributed by atoms with van der Waals surface area (Å²) in [7, 11) is 0. The summed E-state index contributed by atoms with van der Waals surface area (Å²) >= 11 is 1.48. The summed E-state index contributed by atoms with van der Waals surface area (Å²) in [6.07, 6.45) is 2.34. The van der Waals surface area contributed by atoms with Gasteiger partial charge in [-0.3, -0.25) is 4.79 Å². The van der Waals surface area contributed by atoms with Gasteiger partial charge in [-0.05, 0) is 25.3 Å². The van der Waals surface area contributed by atoms with E-state index in [0.29, 0.717) is 5.56 Å². The lowest BCUT2D eigenvalue weighted by Gasteiger charge is -2.18. The molecule has 4 nitrogen and oxygen atoms in total. The minimum absolute atomic E-state index is 0.0553. The molecule has 2 aromatic heterocycles. The zero-order valence-corrected chi connectivity index (χ0v) is 17.1. The van der Waals surface area contributed by atoms with Gasteiger partial charge in [-0.2, -0.15) is 0 Å². The summed E-state index contributed by atoms with van der Waals surface area (Å²) in [5, 5.41) is 1.02. The molecule has 0 aliphatic carbocycles. The molecule has 0 spiro atoms. The summed E-state index contributed by atoms with van der Waals surface area (Å²) in [6, 6.07) is 19.5. The largest absolute Gasteiger partial charge is 0.356 e. The van der Waals surface area contributed by atoms with Crippen LogP contribution in [-0.2, 0) is 0 Å². The van der Waals surface area contributed by atoms with Crippen LogP contribution in [0.15, 0.2) is 60.7 Å². The van der Waals surface area contributed by atoms with Crippen molar-refractivity contribution in [1.82, 2.24) is 9.97 Å². The molecular weight excluding hydrogens is 378 g/mol. The zero-order valence-electron chi connectivity index (χ0n) is 16.3. The summed E-state index contributed by atoms with van der Waals surface area (Å²) in [6.45, 7) is 4.02. The fraction of sp³-hybridized carbons (Fsp3) is 0.208. The van der Waals surface area contributed by atoms with Crippen LogP contribution in [-0.4, -0.2) is 28.8 Å². The Balaban J connectivity index is 1.71. The summed E-state index contributed by atoms with van der Waals surface area (Å²) in [5.41, 5.74) is 2.69. The van der Waals surface area contributed by atoms with Crippen molar-refractivity contribution in [3.8, 4) is 11.4 Å². The molecule has 0 N–H and O–H groups in total. The molecule has 5 heteroatoms. The Hall–Kier alpha value is -3.05. The molecule has 0 radical (unpaired) electrons. The molecule has 144 valence electrons. The van der Waals surface area contributed by atoms with Crippen LogP contribution in [0.1, 0.15) is 33.6 Å². The van der Waals surface area contributed by atoms with Crippen molar-refractivity contribution in [2.24, 2.45) is 0 Å². The van der Waals surface area contributed by atoms with Gasteiger partial charge in [0.2, 0.25) is 5.78 Å². The number of carbonyl (C=O) groups excluding carboxylic acids is 1. The Kier molecular flexibility index (Phi) is 4.60. The van der Waals surface area contributed by atoms with Crippen molar-refractivity contribution in [3.63, 3.8) is 0 Å². The molecule has 1 saturated heterocycles. The smallest absolute Gasteiger partial charge is 0.203 e. The van der Waals surface area contributed by atoms with E-state index in [0.717, 1.165) is 51.0 Å². The number of hydrogen-bond donors (Lipinski definition) is 0. The maximum Gasteiger partial charge on any atom is 0.203 e. The molecule has 29 heavy (non-hydrogen) atoms. The second-order valence-electron chi connectivity index (χ2n) is 7.36. The van der Waals surface area contributed by atoms with Gasteiger partial charge >= 0.3 is 0 Å². The third kappa shape index (κ3) is 3.21. The van der Waals surface area contributed by atoms with E-state index in [9.17, 15) is 4.79 Å². The van der Waals surface area contributed by atoms with Gasteiger partial charge in [-0.15, -0.1) is 11.3 Å². The molecule has 1 fully saturated rings. The van der Waals surface area contributed by atoms with E-state index in [2.05, 4.69) is 4.90 Å². The number of rotatable bonds is 4. The molecule has 0 bridgehead atoms. The van der Waals surface area contributed by atoms with Crippen LogP contribution in [0.2, 0.25) is 0 Å². The van der Waals surface area contributed by atoms with E-state index in [-0.39, 0.29) is 5.78 Å². The van der Waals surface area contributed by atoms with Crippen LogP contribution in [0, 0.1) is 6.92 Å². The van der Waals surface area contributed by atoms with Crippen molar-refractivity contribution >= 4 is 33.2 Å². The van der Waals surface area contributed by atoms with Crippen molar-refractivity contribution in [2.75, 3.05) is 18.0 Å². The van der Waals surface area contributed by atoms with E-state index in [1.165, 1.54) is 24.2 Å². The van der Waals surface area contributed by atoms with Gasteiger partial charge in [-0.25, -0.2) is 9.97 Å². The van der Waals surface area contributed by atoms with E-state index in [4.69, 9.17) is 9.97 Å². The second-order valence-corrected chi connectivity index (χ2v) is 8.36. The first-order chi connectivity index (χ1) is 14.2. The van der Waals surface area contributed by atoms with Crippen LogP contribution in [0.4, 0.5) is 5.82 Å². The normalized spacial score (nSPS) is 13.9. The van der Waals surface area contributed by atoms with E-state index < -0.39 is 0 Å². The van der Waals surface area contributed by atoms with Crippen LogP contribution >= 0.6 is 11.3 Å². The highest BCUT2D eigenvalue weighted by atomic mass is 32.1. The number of fused-ring (bicyclic) bond motifs is 1. The molecule has 1 aliphatic rings. The highest BCUT2D eigenvalue weighted by Crippen LogP contribution is 2.38. The highest BCUT2D eigenvalue weighted by molar-refractivity contribution is 7.21. The number of aromatic nitrogens is 2. The number of anilines is 1. The average molecular weight is 400 g/mol. The van der Waals surface area contributed by atoms with Gasteiger partial charge in [0.05, 0.1) is 10.3 Å². The van der Waals surface area contributed by atoms with Crippen molar-refractivity contribution < 1.29 is 4.79 Å².